The van der Waals surface area contributed by atoms with E-state index in [0.717, 1.165) is 5.56 Å². The molecule has 4 aromatic rings. The lowest BCUT2D eigenvalue weighted by molar-refractivity contribution is 0.893. The summed E-state index contributed by atoms with van der Waals surface area (Å²) in [6.45, 7) is 0. The lowest BCUT2D eigenvalue weighted by Crippen LogP contribution is -2.28. The molecule has 0 aliphatic rings. The van der Waals surface area contributed by atoms with E-state index in [0.29, 0.717) is 38.8 Å². The first-order valence-electron chi connectivity index (χ1n) is 9.29. The van der Waals surface area contributed by atoms with Crippen molar-refractivity contribution in [1.29, 1.82) is 5.26 Å². The highest BCUT2D eigenvalue weighted by Gasteiger charge is 2.23. The molecular formula is C23H19N5OS. The van der Waals surface area contributed by atoms with E-state index in [1.807, 2.05) is 81.0 Å². The van der Waals surface area contributed by atoms with Crippen molar-refractivity contribution in [3.8, 4) is 23.0 Å². The fraction of sp³-hybridized carbons (Fsp3) is 0.130. The van der Waals surface area contributed by atoms with Gasteiger partial charge >= 0.3 is 0 Å². The lowest BCUT2D eigenvalue weighted by atomic mass is 10.1. The van der Waals surface area contributed by atoms with E-state index in [1.54, 1.807) is 9.47 Å². The Morgan fingerprint density at radius 2 is 1.63 bits per heavy atom. The van der Waals surface area contributed by atoms with Crippen molar-refractivity contribution in [2.24, 2.45) is 0 Å². The number of anilines is 1. The van der Waals surface area contributed by atoms with Crippen LogP contribution in [-0.4, -0.2) is 34.9 Å². The van der Waals surface area contributed by atoms with Crippen LogP contribution in [0.1, 0.15) is 5.56 Å². The number of para-hydroxylation sites is 1. The van der Waals surface area contributed by atoms with Crippen molar-refractivity contribution < 1.29 is 0 Å². The molecule has 0 unspecified atom stereocenters. The van der Waals surface area contributed by atoms with Gasteiger partial charge in [0.1, 0.15) is 22.2 Å². The largest absolute Gasteiger partial charge is 0.348 e. The van der Waals surface area contributed by atoms with Crippen LogP contribution >= 0.6 is 11.8 Å². The SMILES string of the molecule is CSc1nc(-c2ccccc2)c2c(=O)n(-c3ccccc3)c(N(C)C)nc2c1C#N. The topological polar surface area (TPSA) is 74.8 Å². The molecule has 0 spiro atoms. The lowest BCUT2D eigenvalue weighted by Gasteiger charge is -2.20. The normalized spacial score (nSPS) is 10.7. The highest BCUT2D eigenvalue weighted by Crippen LogP contribution is 2.32. The second-order valence-corrected chi connectivity index (χ2v) is 7.62. The second kappa shape index (κ2) is 8.01. The first-order valence-corrected chi connectivity index (χ1v) is 10.5. The van der Waals surface area contributed by atoms with Gasteiger partial charge in [0.2, 0.25) is 5.95 Å². The summed E-state index contributed by atoms with van der Waals surface area (Å²) in [6.07, 6.45) is 1.86. The molecule has 7 heteroatoms. The molecule has 0 N–H and O–H groups in total. The molecule has 4 rings (SSSR count). The number of benzene rings is 2. The minimum atomic E-state index is -0.259. The highest BCUT2D eigenvalue weighted by atomic mass is 32.2. The third-order valence-electron chi connectivity index (χ3n) is 4.73. The van der Waals surface area contributed by atoms with Gasteiger partial charge in [-0.3, -0.25) is 4.79 Å². The summed E-state index contributed by atoms with van der Waals surface area (Å²) >= 11 is 1.37. The Morgan fingerprint density at radius 3 is 2.20 bits per heavy atom. The number of nitriles is 1. The standard InChI is InChI=1S/C23H19N5OS/c1-27(2)23-26-20-17(14-24)21(30-3)25-19(15-10-6-4-7-11-15)18(20)22(29)28(23)16-12-8-5-9-13-16/h4-13H,1-3H3. The van der Waals surface area contributed by atoms with Gasteiger partial charge in [-0.1, -0.05) is 48.5 Å². The van der Waals surface area contributed by atoms with Crippen LogP contribution < -0.4 is 10.5 Å². The van der Waals surface area contributed by atoms with Crippen LogP contribution in [0.5, 0.6) is 0 Å². The summed E-state index contributed by atoms with van der Waals surface area (Å²) in [6, 6.07) is 21.1. The number of aromatic nitrogens is 3. The summed E-state index contributed by atoms with van der Waals surface area (Å²) < 4.78 is 1.57. The maximum Gasteiger partial charge on any atom is 0.269 e. The third-order valence-corrected chi connectivity index (χ3v) is 5.42. The fourth-order valence-electron chi connectivity index (χ4n) is 3.38. The molecule has 148 valence electrons. The minimum Gasteiger partial charge on any atom is -0.348 e. The Hall–Kier alpha value is -3.63. The van der Waals surface area contributed by atoms with Crippen LogP contribution in [0.4, 0.5) is 5.95 Å². The smallest absolute Gasteiger partial charge is 0.269 e. The van der Waals surface area contributed by atoms with Crippen molar-refractivity contribution in [2.75, 3.05) is 25.3 Å². The average Bonchev–Trinajstić information content (AvgIpc) is 2.78. The van der Waals surface area contributed by atoms with Gasteiger partial charge in [0.25, 0.3) is 5.56 Å². The number of hydrogen-bond acceptors (Lipinski definition) is 6. The second-order valence-electron chi connectivity index (χ2n) is 6.83. The summed E-state index contributed by atoms with van der Waals surface area (Å²) in [5, 5.41) is 10.7. The van der Waals surface area contributed by atoms with E-state index in [2.05, 4.69) is 6.07 Å². The molecule has 0 aliphatic heterocycles. The third kappa shape index (κ3) is 3.21. The van der Waals surface area contributed by atoms with Gasteiger partial charge in [-0.2, -0.15) is 5.26 Å². The molecule has 6 nitrogen and oxygen atoms in total. The predicted octanol–water partition coefficient (Wildman–Crippen LogP) is 4.11. The summed E-state index contributed by atoms with van der Waals surface area (Å²) in [5.74, 6) is 0.451. The Labute approximate surface area is 178 Å². The van der Waals surface area contributed by atoms with Gasteiger partial charge in [-0.25, -0.2) is 14.5 Å². The van der Waals surface area contributed by atoms with Gasteiger partial charge in [-0.15, -0.1) is 11.8 Å². The van der Waals surface area contributed by atoms with Crippen LogP contribution in [0.2, 0.25) is 0 Å². The minimum absolute atomic E-state index is 0.259. The van der Waals surface area contributed by atoms with E-state index in [1.165, 1.54) is 11.8 Å². The predicted molar refractivity (Wildman–Crippen MR) is 121 cm³/mol. The Kier molecular flexibility index (Phi) is 5.25. The molecule has 0 saturated carbocycles. The first-order chi connectivity index (χ1) is 14.6. The summed E-state index contributed by atoms with van der Waals surface area (Å²) in [4.78, 5) is 25.1. The highest BCUT2D eigenvalue weighted by molar-refractivity contribution is 7.98. The summed E-state index contributed by atoms with van der Waals surface area (Å²) in [7, 11) is 3.65. The number of nitrogens with zero attached hydrogens (tertiary/aromatic N) is 5. The first kappa shape index (κ1) is 19.7. The monoisotopic (exact) mass is 413 g/mol. The molecule has 2 aromatic heterocycles. The van der Waals surface area contributed by atoms with Crippen LogP contribution in [0.15, 0.2) is 70.5 Å². The van der Waals surface area contributed by atoms with Crippen molar-refractivity contribution in [3.63, 3.8) is 0 Å². The number of thioether (sulfide) groups is 1. The van der Waals surface area contributed by atoms with Crippen molar-refractivity contribution in [3.05, 3.63) is 76.6 Å². The van der Waals surface area contributed by atoms with E-state index < -0.39 is 0 Å². The Balaban J connectivity index is 2.24. The molecule has 0 atom stereocenters. The molecule has 2 heterocycles. The number of pyridine rings is 1. The van der Waals surface area contributed by atoms with Crippen LogP contribution in [0, 0.1) is 11.3 Å². The number of rotatable bonds is 4. The van der Waals surface area contributed by atoms with E-state index in [4.69, 9.17) is 9.97 Å². The van der Waals surface area contributed by atoms with Gasteiger partial charge < -0.3 is 4.90 Å². The van der Waals surface area contributed by atoms with E-state index >= 15 is 0 Å². The molecule has 0 saturated heterocycles. The van der Waals surface area contributed by atoms with Crippen LogP contribution in [0.3, 0.4) is 0 Å². The van der Waals surface area contributed by atoms with Crippen LogP contribution in [0.25, 0.3) is 27.8 Å². The quantitative estimate of drug-likeness (QED) is 0.469. The number of fused-ring (bicyclic) bond motifs is 1. The maximum atomic E-state index is 13.9. The zero-order valence-electron chi connectivity index (χ0n) is 16.8. The number of hydrogen-bond donors (Lipinski definition) is 0. The van der Waals surface area contributed by atoms with Gasteiger partial charge in [0.15, 0.2) is 0 Å². The van der Waals surface area contributed by atoms with E-state index in [-0.39, 0.29) is 5.56 Å². The molecule has 2 aromatic carbocycles. The molecule has 0 fully saturated rings. The van der Waals surface area contributed by atoms with Crippen molar-refractivity contribution in [1.82, 2.24) is 14.5 Å². The zero-order valence-corrected chi connectivity index (χ0v) is 17.6. The van der Waals surface area contributed by atoms with Gasteiger partial charge in [-0.05, 0) is 18.4 Å². The molecule has 0 radical (unpaired) electrons. The summed E-state index contributed by atoms with van der Waals surface area (Å²) in [5.41, 5.74) is 2.46. The fourth-order valence-corrected chi connectivity index (χ4v) is 3.91. The van der Waals surface area contributed by atoms with Crippen molar-refractivity contribution in [2.45, 2.75) is 5.03 Å². The van der Waals surface area contributed by atoms with Gasteiger partial charge in [0.05, 0.1) is 16.8 Å². The average molecular weight is 414 g/mol. The maximum absolute atomic E-state index is 13.9. The van der Waals surface area contributed by atoms with Gasteiger partial charge in [0, 0.05) is 19.7 Å². The molecule has 0 bridgehead atoms. The zero-order chi connectivity index (χ0) is 21.3. The molecule has 30 heavy (non-hydrogen) atoms. The Morgan fingerprint density at radius 1 is 1.00 bits per heavy atom. The molecular weight excluding hydrogens is 394 g/mol. The Bertz CT molecular complexity index is 1330. The van der Waals surface area contributed by atoms with E-state index in [9.17, 15) is 10.1 Å². The molecule has 0 amide bonds. The van der Waals surface area contributed by atoms with Crippen LogP contribution in [-0.2, 0) is 0 Å². The molecule has 0 aliphatic carbocycles. The van der Waals surface area contributed by atoms with Crippen molar-refractivity contribution >= 4 is 28.6 Å².